The molecular formula is C24H28N2O4. The molecular weight excluding hydrogens is 380 g/mol. The van der Waals surface area contributed by atoms with Crippen LogP contribution in [0, 0.1) is 0 Å². The van der Waals surface area contributed by atoms with Crippen molar-refractivity contribution in [2.45, 2.75) is 19.3 Å². The predicted molar refractivity (Wildman–Crippen MR) is 120 cm³/mol. The van der Waals surface area contributed by atoms with Gasteiger partial charge in [-0.3, -0.25) is 0 Å². The Bertz CT molecular complexity index is 1110. The Morgan fingerprint density at radius 3 is 2.03 bits per heavy atom. The lowest BCUT2D eigenvalue weighted by Crippen LogP contribution is -2.08. The first-order chi connectivity index (χ1) is 14.5. The van der Waals surface area contributed by atoms with Gasteiger partial charge in [-0.05, 0) is 43.0 Å². The van der Waals surface area contributed by atoms with E-state index in [9.17, 15) is 0 Å². The third-order valence-electron chi connectivity index (χ3n) is 5.94. The Labute approximate surface area is 176 Å². The fourth-order valence-electron chi connectivity index (χ4n) is 4.31. The van der Waals surface area contributed by atoms with E-state index in [1.165, 1.54) is 12.0 Å². The largest absolute Gasteiger partial charge is 0.495 e. The summed E-state index contributed by atoms with van der Waals surface area (Å²) in [5.41, 5.74) is 12.9. The molecule has 158 valence electrons. The second-order valence-corrected chi connectivity index (χ2v) is 7.42. The molecule has 4 rings (SSSR count). The molecule has 1 heterocycles. The van der Waals surface area contributed by atoms with Crippen LogP contribution in [0.3, 0.4) is 0 Å². The lowest BCUT2D eigenvalue weighted by molar-refractivity contribution is 0.324. The van der Waals surface area contributed by atoms with Crippen molar-refractivity contribution in [3.05, 3.63) is 47.2 Å². The summed E-state index contributed by atoms with van der Waals surface area (Å²) < 4.78 is 24.5. The van der Waals surface area contributed by atoms with Gasteiger partial charge in [-0.2, -0.15) is 0 Å². The van der Waals surface area contributed by atoms with Gasteiger partial charge in [-0.1, -0.05) is 17.7 Å². The van der Waals surface area contributed by atoms with E-state index in [-0.39, 0.29) is 0 Å². The van der Waals surface area contributed by atoms with Crippen LogP contribution in [0.15, 0.2) is 35.9 Å². The third kappa shape index (κ3) is 2.95. The number of aryl methyl sites for hydroxylation is 1. The van der Waals surface area contributed by atoms with E-state index in [1.54, 1.807) is 28.4 Å². The van der Waals surface area contributed by atoms with Crippen molar-refractivity contribution in [2.75, 3.05) is 34.2 Å². The van der Waals surface area contributed by atoms with E-state index in [2.05, 4.69) is 4.57 Å². The maximum Gasteiger partial charge on any atom is 0.203 e. The smallest absolute Gasteiger partial charge is 0.203 e. The second-order valence-electron chi connectivity index (χ2n) is 7.42. The number of allylic oxidation sites excluding steroid dienone is 1. The highest BCUT2D eigenvalue weighted by Crippen LogP contribution is 2.47. The molecule has 0 bridgehead atoms. The van der Waals surface area contributed by atoms with Crippen molar-refractivity contribution in [1.29, 1.82) is 0 Å². The topological polar surface area (TPSA) is 67.9 Å². The van der Waals surface area contributed by atoms with E-state index in [4.69, 9.17) is 24.7 Å². The first-order valence-corrected chi connectivity index (χ1v) is 9.99. The molecule has 2 aromatic carbocycles. The van der Waals surface area contributed by atoms with Crippen molar-refractivity contribution >= 4 is 22.2 Å². The summed E-state index contributed by atoms with van der Waals surface area (Å²) in [6.07, 6.45) is 3.27. The van der Waals surface area contributed by atoms with Crippen molar-refractivity contribution < 1.29 is 18.9 Å². The molecule has 6 nitrogen and oxygen atoms in total. The van der Waals surface area contributed by atoms with Gasteiger partial charge in [-0.25, -0.2) is 0 Å². The number of nitrogen functional groups attached to an aromatic ring is 1. The van der Waals surface area contributed by atoms with E-state index in [1.807, 2.05) is 37.4 Å². The lowest BCUT2D eigenvalue weighted by atomic mass is 9.83. The molecule has 1 aliphatic carbocycles. The number of benzene rings is 2. The molecule has 30 heavy (non-hydrogen) atoms. The molecule has 6 heteroatoms. The molecule has 1 fully saturated rings. The fraction of sp³-hybridized carbons (Fsp3) is 0.333. The van der Waals surface area contributed by atoms with E-state index < -0.39 is 0 Å². The maximum atomic E-state index is 6.72. The van der Waals surface area contributed by atoms with Crippen LogP contribution in [0.4, 0.5) is 5.69 Å². The summed E-state index contributed by atoms with van der Waals surface area (Å²) >= 11 is 0. The van der Waals surface area contributed by atoms with Crippen molar-refractivity contribution in [3.8, 4) is 23.0 Å². The minimum absolute atomic E-state index is 0.577. The van der Waals surface area contributed by atoms with Gasteiger partial charge in [0, 0.05) is 18.0 Å². The lowest BCUT2D eigenvalue weighted by Gasteiger charge is -2.25. The first-order valence-electron chi connectivity index (χ1n) is 9.99. The Morgan fingerprint density at radius 1 is 0.900 bits per heavy atom. The van der Waals surface area contributed by atoms with Crippen LogP contribution < -0.4 is 24.7 Å². The molecule has 0 amide bonds. The zero-order valence-corrected chi connectivity index (χ0v) is 18.2. The Morgan fingerprint density at radius 2 is 1.53 bits per heavy atom. The number of anilines is 1. The van der Waals surface area contributed by atoms with Crippen LogP contribution in [0.5, 0.6) is 23.0 Å². The summed E-state index contributed by atoms with van der Waals surface area (Å²) in [6, 6.07) is 9.96. The quantitative estimate of drug-likeness (QED) is 0.636. The minimum atomic E-state index is 0.577. The number of fused-ring (bicyclic) bond motifs is 1. The fourth-order valence-corrected chi connectivity index (χ4v) is 4.31. The highest BCUT2D eigenvalue weighted by molar-refractivity contribution is 6.04. The molecule has 1 aromatic heterocycles. The molecule has 0 atom stereocenters. The number of rotatable bonds is 6. The molecule has 1 saturated carbocycles. The highest BCUT2D eigenvalue weighted by Gasteiger charge is 2.27. The van der Waals surface area contributed by atoms with Crippen molar-refractivity contribution in [3.63, 3.8) is 0 Å². The van der Waals surface area contributed by atoms with E-state index in [0.717, 1.165) is 52.0 Å². The molecule has 1 aliphatic rings. The number of nitrogens with zero attached hydrogens (tertiary/aromatic N) is 1. The van der Waals surface area contributed by atoms with Crippen molar-refractivity contribution in [1.82, 2.24) is 4.57 Å². The average Bonchev–Trinajstić information content (AvgIpc) is 2.99. The van der Waals surface area contributed by atoms with Crippen LogP contribution in [0.2, 0.25) is 0 Å². The van der Waals surface area contributed by atoms with Crippen LogP contribution in [-0.4, -0.2) is 33.0 Å². The van der Waals surface area contributed by atoms with Gasteiger partial charge in [0.25, 0.3) is 0 Å². The Balaban J connectivity index is 2.03. The van der Waals surface area contributed by atoms with E-state index in [0.29, 0.717) is 17.2 Å². The molecule has 3 aromatic rings. The second kappa shape index (κ2) is 7.86. The van der Waals surface area contributed by atoms with Gasteiger partial charge in [0.2, 0.25) is 5.75 Å². The van der Waals surface area contributed by atoms with Gasteiger partial charge in [0.1, 0.15) is 5.75 Å². The number of aromatic nitrogens is 1. The predicted octanol–water partition coefficient (Wildman–Crippen LogP) is 4.78. The van der Waals surface area contributed by atoms with Gasteiger partial charge >= 0.3 is 0 Å². The van der Waals surface area contributed by atoms with Gasteiger partial charge in [0.15, 0.2) is 11.5 Å². The molecule has 0 aliphatic heterocycles. The van der Waals surface area contributed by atoms with Gasteiger partial charge in [-0.15, -0.1) is 0 Å². The minimum Gasteiger partial charge on any atom is -0.495 e. The van der Waals surface area contributed by atoms with E-state index >= 15 is 0 Å². The van der Waals surface area contributed by atoms with Crippen LogP contribution in [0.1, 0.15) is 30.5 Å². The number of para-hydroxylation sites is 1. The van der Waals surface area contributed by atoms with Crippen LogP contribution in [-0.2, 0) is 7.05 Å². The molecule has 0 unspecified atom stereocenters. The standard InChI is InChI=1S/C24H28N2O4/c1-26-22-16(10-7-11-17(22)27-2)21(25)23(26)20(14-8-6-9-14)15-12-18(28-3)24(30-5)19(13-15)29-4/h7,10-13H,6,8-9,25H2,1-5H3. The summed E-state index contributed by atoms with van der Waals surface area (Å²) in [5, 5.41) is 0.983. The number of ether oxygens (including phenoxy) is 4. The van der Waals surface area contributed by atoms with Crippen molar-refractivity contribution in [2.24, 2.45) is 7.05 Å². The molecule has 0 saturated heterocycles. The van der Waals surface area contributed by atoms with Gasteiger partial charge in [0.05, 0.1) is 45.3 Å². The van der Waals surface area contributed by atoms with Crippen LogP contribution in [0.25, 0.3) is 16.5 Å². The summed E-state index contributed by atoms with van der Waals surface area (Å²) in [4.78, 5) is 0. The summed E-state index contributed by atoms with van der Waals surface area (Å²) in [7, 11) is 8.59. The zero-order chi connectivity index (χ0) is 21.4. The number of methoxy groups -OCH3 is 4. The Kier molecular flexibility index (Phi) is 5.24. The van der Waals surface area contributed by atoms with Crippen LogP contribution >= 0.6 is 0 Å². The normalized spacial score (nSPS) is 13.2. The number of hydrogen-bond donors (Lipinski definition) is 1. The SMILES string of the molecule is COc1cc(C(=C2CCC2)c2c(N)c3cccc(OC)c3n2C)cc(OC)c1OC. The van der Waals surface area contributed by atoms with Gasteiger partial charge < -0.3 is 29.2 Å². The molecule has 2 N–H and O–H groups in total. The monoisotopic (exact) mass is 408 g/mol. The summed E-state index contributed by atoms with van der Waals surface area (Å²) in [6.45, 7) is 0. The highest BCUT2D eigenvalue weighted by atomic mass is 16.5. The summed E-state index contributed by atoms with van der Waals surface area (Å²) in [5.74, 6) is 2.63. The number of nitrogens with two attached hydrogens (primary N) is 1. The zero-order valence-electron chi connectivity index (χ0n) is 18.2. The number of hydrogen-bond acceptors (Lipinski definition) is 5. The average molecular weight is 408 g/mol. The Hall–Kier alpha value is -3.28. The molecule has 0 radical (unpaired) electrons. The maximum absolute atomic E-state index is 6.72. The third-order valence-corrected chi connectivity index (χ3v) is 5.94. The first kappa shape index (κ1) is 20.0. The molecule has 0 spiro atoms.